The third-order valence-corrected chi connectivity index (χ3v) is 55.1. The Morgan fingerprint density at radius 1 is 0.537 bits per heavy atom. The summed E-state index contributed by atoms with van der Waals surface area (Å²) in [6.07, 6.45) is 19.7. The molecule has 0 saturated heterocycles. The molecule has 1 aliphatic heterocycles. The van der Waals surface area contributed by atoms with Crippen molar-refractivity contribution in [3.63, 3.8) is 0 Å². The summed E-state index contributed by atoms with van der Waals surface area (Å²) in [5, 5.41) is 1.26. The number of allylic oxidation sites excluding steroid dienone is 2. The summed E-state index contributed by atoms with van der Waals surface area (Å²) in [7, 11) is -2.76. The summed E-state index contributed by atoms with van der Waals surface area (Å²) in [5.41, 5.74) is 3.49. The normalized spacial score (nSPS) is 17.1. The van der Waals surface area contributed by atoms with Crippen LogP contribution in [0, 0.1) is 0 Å². The Labute approximate surface area is 264 Å². The second kappa shape index (κ2) is 17.9. The summed E-state index contributed by atoms with van der Waals surface area (Å²) in [6.45, 7) is 14.4. The quantitative estimate of drug-likeness (QED) is 0.0895. The molecular weight excluding hydrogens is 729 g/mol. The molecule has 0 N–H and O–H groups in total. The van der Waals surface area contributed by atoms with E-state index >= 15 is 4.57 Å². The standard InChI is InChI=1S/C13H11OP.6C4H9.2Sn/c14-15(13-7-2-1-3-8-13)9-11-5-4-6-12(11)10-15;6*1-3-4-2;;/h1-3,7-8H,4-6H2;6*1,3-4H2,2H3;;. The van der Waals surface area contributed by atoms with E-state index in [9.17, 15) is 0 Å². The van der Waals surface area contributed by atoms with Crippen molar-refractivity contribution < 1.29 is 4.57 Å². The van der Waals surface area contributed by atoms with Crippen molar-refractivity contribution in [3.8, 4) is 0 Å². The van der Waals surface area contributed by atoms with Crippen LogP contribution in [-0.4, -0.2) is 36.8 Å². The first-order valence-electron chi connectivity index (χ1n) is 18.1. The predicted octanol–water partition coefficient (Wildman–Crippen LogP) is 13.2. The van der Waals surface area contributed by atoms with Crippen molar-refractivity contribution >= 4 is 49.2 Å². The van der Waals surface area contributed by atoms with Gasteiger partial charge in [-0.3, -0.25) is 0 Å². The molecule has 1 aromatic rings. The number of hydrogen-bond donors (Lipinski definition) is 0. The second-order valence-corrected chi connectivity index (χ2v) is 44.7. The van der Waals surface area contributed by atoms with Crippen molar-refractivity contribution in [1.82, 2.24) is 0 Å². The number of benzene rings is 1. The Balaban J connectivity index is 2.41. The molecule has 0 radical (unpaired) electrons. The summed E-state index contributed by atoms with van der Waals surface area (Å²) in [4.78, 5) is 0. The van der Waals surface area contributed by atoms with Gasteiger partial charge in [0.05, 0.1) is 0 Å². The van der Waals surface area contributed by atoms with Crippen molar-refractivity contribution in [3.05, 3.63) is 48.1 Å². The Bertz CT molecular complexity index is 937. The molecule has 41 heavy (non-hydrogen) atoms. The molecule has 0 bridgehead atoms. The van der Waals surface area contributed by atoms with Crippen LogP contribution >= 0.6 is 7.14 Å². The van der Waals surface area contributed by atoms with Crippen LogP contribution in [0.3, 0.4) is 0 Å². The number of rotatable bonds is 21. The van der Waals surface area contributed by atoms with E-state index in [4.69, 9.17) is 0 Å². The van der Waals surface area contributed by atoms with Crippen LogP contribution in [0.4, 0.5) is 0 Å². The van der Waals surface area contributed by atoms with Crippen LogP contribution in [0.2, 0.25) is 26.6 Å². The van der Waals surface area contributed by atoms with Gasteiger partial charge in [-0.05, 0) is 0 Å². The molecule has 1 aliphatic carbocycles. The average Bonchev–Trinajstić information content (AvgIpc) is 3.56. The first kappa shape index (κ1) is 36.0. The zero-order chi connectivity index (χ0) is 29.8. The molecular formula is C37H65OPSn2. The van der Waals surface area contributed by atoms with Gasteiger partial charge in [0.2, 0.25) is 0 Å². The summed E-state index contributed by atoms with van der Waals surface area (Å²) >= 11 is -5.96. The molecule has 0 amide bonds. The maximum absolute atomic E-state index is 17.0. The Hall–Kier alpha value is 0.527. The second-order valence-electron chi connectivity index (χ2n) is 13.6. The Morgan fingerprint density at radius 3 is 1.15 bits per heavy atom. The van der Waals surface area contributed by atoms with Crippen LogP contribution in [0.25, 0.3) is 0 Å². The number of hydrogen-bond acceptors (Lipinski definition) is 1. The molecule has 0 atom stereocenters. The summed E-state index contributed by atoms with van der Waals surface area (Å²) < 4.78 is 29.1. The molecule has 0 spiro atoms. The van der Waals surface area contributed by atoms with Gasteiger partial charge >= 0.3 is 266 Å². The van der Waals surface area contributed by atoms with E-state index in [2.05, 4.69) is 71.9 Å². The van der Waals surface area contributed by atoms with Gasteiger partial charge in [0.15, 0.2) is 0 Å². The van der Waals surface area contributed by atoms with E-state index in [0.29, 0.717) is 0 Å². The molecule has 1 aromatic carbocycles. The van der Waals surface area contributed by atoms with Crippen LogP contribution < -0.4 is 5.30 Å². The van der Waals surface area contributed by atoms with Gasteiger partial charge in [0.1, 0.15) is 0 Å². The first-order chi connectivity index (χ1) is 19.9. The van der Waals surface area contributed by atoms with Gasteiger partial charge in [0.25, 0.3) is 0 Å². The molecule has 1 fully saturated rings. The van der Waals surface area contributed by atoms with Gasteiger partial charge in [-0.15, -0.1) is 0 Å². The molecule has 1 nitrogen and oxygen atoms in total. The van der Waals surface area contributed by atoms with E-state index in [1.165, 1.54) is 128 Å². The SMILES string of the molecule is CCC[CH2][Sn]([CH2]CCC)([CH2]CCC)[C]1=C2CCCC2=[C]([Sn]([CH2]CCC)([CH2]CCC)[CH2]CCC)P1(=O)c1ccccc1. The van der Waals surface area contributed by atoms with Crippen molar-refractivity contribution in [2.24, 2.45) is 0 Å². The molecule has 1 saturated carbocycles. The fourth-order valence-electron chi connectivity index (χ4n) is 8.51. The van der Waals surface area contributed by atoms with Crippen LogP contribution in [-0.2, 0) is 4.57 Å². The van der Waals surface area contributed by atoms with Crippen molar-refractivity contribution in [2.75, 3.05) is 0 Å². The van der Waals surface area contributed by atoms with Crippen molar-refractivity contribution in [1.29, 1.82) is 0 Å². The topological polar surface area (TPSA) is 17.1 Å². The van der Waals surface area contributed by atoms with Gasteiger partial charge in [-0.1, -0.05) is 0 Å². The third-order valence-electron chi connectivity index (χ3n) is 10.6. The molecule has 0 unspecified atom stereocenters. The van der Waals surface area contributed by atoms with E-state index in [0.717, 1.165) is 0 Å². The third kappa shape index (κ3) is 8.03. The van der Waals surface area contributed by atoms with Gasteiger partial charge in [-0.2, -0.15) is 0 Å². The van der Waals surface area contributed by atoms with Gasteiger partial charge in [0, 0.05) is 0 Å². The minimum absolute atomic E-state index is 1.24. The van der Waals surface area contributed by atoms with E-state index in [1.54, 1.807) is 17.8 Å². The predicted molar refractivity (Wildman–Crippen MR) is 191 cm³/mol. The molecule has 232 valence electrons. The molecule has 0 aromatic heterocycles. The van der Waals surface area contributed by atoms with Crippen molar-refractivity contribution in [2.45, 2.75) is 164 Å². The molecule has 3 rings (SSSR count). The monoisotopic (exact) mass is 796 g/mol. The molecule has 2 aliphatic rings. The van der Waals surface area contributed by atoms with Gasteiger partial charge in [-0.25, -0.2) is 0 Å². The Kier molecular flexibility index (Phi) is 15.7. The van der Waals surface area contributed by atoms with Crippen LogP contribution in [0.1, 0.15) is 138 Å². The zero-order valence-corrected chi connectivity index (χ0v) is 34.7. The van der Waals surface area contributed by atoms with E-state index in [-0.39, 0.29) is 0 Å². The number of unbranched alkanes of at least 4 members (excludes halogenated alkanes) is 6. The fourth-order valence-corrected chi connectivity index (χ4v) is 66.4. The Morgan fingerprint density at radius 2 is 0.854 bits per heavy atom. The van der Waals surface area contributed by atoms with E-state index in [1.807, 2.05) is 0 Å². The number of fused-ring (bicyclic) bond motifs is 1. The summed E-state index contributed by atoms with van der Waals surface area (Å²) in [5.74, 6) is 0. The molecule has 1 heterocycles. The average molecular weight is 794 g/mol. The van der Waals surface area contributed by atoms with Crippen LogP contribution in [0.5, 0.6) is 0 Å². The minimum atomic E-state index is -2.98. The zero-order valence-electron chi connectivity index (χ0n) is 28.1. The molecule has 4 heteroatoms. The van der Waals surface area contributed by atoms with E-state index < -0.39 is 43.9 Å². The summed E-state index contributed by atoms with van der Waals surface area (Å²) in [6, 6.07) is 11.3. The first-order valence-corrected chi connectivity index (χ1v) is 34.8. The van der Waals surface area contributed by atoms with Gasteiger partial charge < -0.3 is 0 Å². The fraction of sp³-hybridized carbons (Fsp3) is 0.730. The van der Waals surface area contributed by atoms with Crippen LogP contribution in [0.15, 0.2) is 48.1 Å². The maximum atomic E-state index is 17.0.